The Morgan fingerprint density at radius 1 is 1.38 bits per heavy atom. The molecule has 0 aliphatic carbocycles. The lowest BCUT2D eigenvalue weighted by Crippen LogP contribution is -2.50. The summed E-state index contributed by atoms with van der Waals surface area (Å²) in [5.41, 5.74) is 5.84. The Morgan fingerprint density at radius 2 is 2.08 bits per heavy atom. The molecule has 0 saturated heterocycles. The fourth-order valence-corrected chi connectivity index (χ4v) is 3.22. The highest BCUT2D eigenvalue weighted by atomic mass is 16.5. The Bertz CT molecular complexity index is 655. The number of benzene rings is 1. The number of amides is 1. The number of hydrogen-bond donors (Lipinski definition) is 2. The second kappa shape index (κ2) is 7.34. The average molecular weight is 333 g/mol. The lowest BCUT2D eigenvalue weighted by atomic mass is 9.77. The van der Waals surface area contributed by atoms with Crippen molar-refractivity contribution in [1.29, 1.82) is 0 Å². The van der Waals surface area contributed by atoms with E-state index in [9.17, 15) is 9.59 Å². The minimum atomic E-state index is -0.289. The molecule has 1 heterocycles. The number of carbonyl (C=O) groups excluding carboxylic acids is 2. The molecule has 2 rings (SSSR count). The Morgan fingerprint density at radius 3 is 2.67 bits per heavy atom. The minimum absolute atomic E-state index is 0.0855. The first kappa shape index (κ1) is 17.0. The molecule has 0 spiro atoms. The van der Waals surface area contributed by atoms with Crippen LogP contribution in [0.1, 0.15) is 80.9 Å². The zero-order chi connectivity index (χ0) is 18.8. The molecular formula is C19H28N2O3. The van der Waals surface area contributed by atoms with E-state index in [0.717, 1.165) is 23.0 Å². The zero-order valence-electron chi connectivity index (χ0n) is 16.2. The average Bonchev–Trinajstić information content (AvgIpc) is 2.50. The van der Waals surface area contributed by atoms with E-state index in [1.807, 2.05) is 45.9 Å². The van der Waals surface area contributed by atoms with Gasteiger partial charge in [-0.05, 0) is 35.8 Å². The van der Waals surface area contributed by atoms with Gasteiger partial charge in [0.05, 0.1) is 19.1 Å². The fraction of sp³-hybridized carbons (Fsp3) is 0.579. The largest absolute Gasteiger partial charge is 0.466 e. The molecule has 5 heteroatoms. The Hall–Kier alpha value is -1.88. The van der Waals surface area contributed by atoms with Crippen molar-refractivity contribution in [1.82, 2.24) is 10.8 Å². The second-order valence-electron chi connectivity index (χ2n) is 7.26. The summed E-state index contributed by atoms with van der Waals surface area (Å²) in [7, 11) is 0. The van der Waals surface area contributed by atoms with E-state index < -0.39 is 0 Å². The summed E-state index contributed by atoms with van der Waals surface area (Å²) in [6, 6.07) is 5.46. The van der Waals surface area contributed by atoms with E-state index in [-0.39, 0.29) is 35.7 Å². The molecule has 2 N–H and O–H groups in total. The van der Waals surface area contributed by atoms with Crippen molar-refractivity contribution < 1.29 is 15.7 Å². The van der Waals surface area contributed by atoms with Gasteiger partial charge in [-0.2, -0.15) is 0 Å². The van der Waals surface area contributed by atoms with Gasteiger partial charge in [0.1, 0.15) is 1.41 Å². The van der Waals surface area contributed by atoms with Crippen LogP contribution in [-0.4, -0.2) is 18.5 Å². The molecule has 1 aliphatic heterocycles. The second-order valence-corrected chi connectivity index (χ2v) is 7.26. The number of rotatable bonds is 5. The molecule has 0 bridgehead atoms. The number of hydrazine groups is 1. The maximum absolute atomic E-state index is 12.6. The van der Waals surface area contributed by atoms with Crippen molar-refractivity contribution in [2.45, 2.75) is 59.4 Å². The molecule has 5 nitrogen and oxygen atoms in total. The van der Waals surface area contributed by atoms with Gasteiger partial charge in [0.25, 0.3) is 5.91 Å². The summed E-state index contributed by atoms with van der Waals surface area (Å²) in [5, 5.41) is 0. The van der Waals surface area contributed by atoms with Crippen LogP contribution in [0.5, 0.6) is 0 Å². The van der Waals surface area contributed by atoms with Crippen LogP contribution in [0.15, 0.2) is 18.2 Å². The molecule has 1 aliphatic rings. The molecule has 1 unspecified atom stereocenters. The van der Waals surface area contributed by atoms with Crippen molar-refractivity contribution in [3.8, 4) is 0 Å². The minimum Gasteiger partial charge on any atom is -0.466 e. The maximum Gasteiger partial charge on any atom is 0.306 e. The summed E-state index contributed by atoms with van der Waals surface area (Å²) in [5.74, 6) is -0.626. The normalized spacial score (nSPS) is 20.0. The van der Waals surface area contributed by atoms with Crippen LogP contribution in [0, 0.1) is 5.41 Å². The number of hydrogen-bond acceptors (Lipinski definition) is 4. The Labute approximate surface area is 145 Å². The molecule has 1 aromatic carbocycles. The fourth-order valence-electron chi connectivity index (χ4n) is 3.22. The number of fused-ring (bicyclic) bond motifs is 1. The first-order valence-electron chi connectivity index (χ1n) is 9.02. The molecule has 0 aromatic heterocycles. The SMILES string of the molecule is [2H]N1NC(=O)c2c(cccc2[C@H](CC)CC(=O)OCC)C1C(C)(C)C. The van der Waals surface area contributed by atoms with Gasteiger partial charge in [-0.25, -0.2) is 5.42 Å². The molecule has 1 aromatic rings. The predicted molar refractivity (Wildman–Crippen MR) is 93.5 cm³/mol. The summed E-state index contributed by atoms with van der Waals surface area (Å²) in [6.07, 6.45) is 0.978. The van der Waals surface area contributed by atoms with Gasteiger partial charge in [0.2, 0.25) is 0 Å². The zero-order valence-corrected chi connectivity index (χ0v) is 15.2. The van der Waals surface area contributed by atoms with Gasteiger partial charge in [-0.3, -0.25) is 15.0 Å². The Kier molecular flexibility index (Phi) is 5.19. The van der Waals surface area contributed by atoms with Crippen LogP contribution in [0.3, 0.4) is 0 Å². The third-order valence-electron chi connectivity index (χ3n) is 4.42. The molecule has 0 saturated carbocycles. The monoisotopic (exact) mass is 333 g/mol. The summed E-state index contributed by atoms with van der Waals surface area (Å²) in [4.78, 5) is 24.6. The summed E-state index contributed by atoms with van der Waals surface area (Å²) in [6.45, 7) is 10.3. The van der Waals surface area contributed by atoms with Crippen LogP contribution in [0.2, 0.25) is 1.41 Å². The molecule has 0 radical (unpaired) electrons. The van der Waals surface area contributed by atoms with Gasteiger partial charge in [0, 0.05) is 5.56 Å². The first-order valence-corrected chi connectivity index (χ1v) is 8.58. The van der Waals surface area contributed by atoms with Crippen LogP contribution < -0.4 is 10.8 Å². The molecule has 132 valence electrons. The van der Waals surface area contributed by atoms with E-state index in [0.29, 0.717) is 12.2 Å². The smallest absolute Gasteiger partial charge is 0.306 e. The van der Waals surface area contributed by atoms with E-state index >= 15 is 0 Å². The van der Waals surface area contributed by atoms with Gasteiger partial charge < -0.3 is 4.74 Å². The molecular weight excluding hydrogens is 304 g/mol. The van der Waals surface area contributed by atoms with E-state index in [4.69, 9.17) is 6.15 Å². The molecule has 1 amide bonds. The highest BCUT2D eigenvalue weighted by Gasteiger charge is 2.35. The highest BCUT2D eigenvalue weighted by Crippen LogP contribution is 2.39. The quantitative estimate of drug-likeness (QED) is 0.810. The van der Waals surface area contributed by atoms with Gasteiger partial charge in [-0.1, -0.05) is 45.9 Å². The molecule has 0 fully saturated rings. The van der Waals surface area contributed by atoms with Crippen molar-refractivity contribution in [2.75, 3.05) is 6.61 Å². The van der Waals surface area contributed by atoms with Gasteiger partial charge >= 0.3 is 5.97 Å². The van der Waals surface area contributed by atoms with E-state index in [1.165, 1.54) is 0 Å². The van der Waals surface area contributed by atoms with Crippen molar-refractivity contribution >= 4 is 11.9 Å². The third-order valence-corrected chi connectivity index (χ3v) is 4.42. The number of esters is 1. The maximum atomic E-state index is 12.6. The van der Waals surface area contributed by atoms with Crippen LogP contribution in [0.25, 0.3) is 0 Å². The van der Waals surface area contributed by atoms with Crippen molar-refractivity contribution in [3.05, 3.63) is 34.9 Å². The number of nitrogens with one attached hydrogen (secondary N) is 2. The molecule has 24 heavy (non-hydrogen) atoms. The van der Waals surface area contributed by atoms with Crippen LogP contribution >= 0.6 is 0 Å². The van der Waals surface area contributed by atoms with Crippen molar-refractivity contribution in [3.63, 3.8) is 0 Å². The summed E-state index contributed by atoms with van der Waals surface area (Å²) < 4.78 is 13.2. The number of ether oxygens (including phenoxy) is 1. The lowest BCUT2D eigenvalue weighted by molar-refractivity contribution is -0.143. The van der Waals surface area contributed by atoms with Crippen LogP contribution in [0.4, 0.5) is 0 Å². The predicted octanol–water partition coefficient (Wildman–Crippen LogP) is 3.47. The van der Waals surface area contributed by atoms with Gasteiger partial charge in [-0.15, -0.1) is 0 Å². The topological polar surface area (TPSA) is 67.4 Å². The van der Waals surface area contributed by atoms with E-state index in [1.54, 1.807) is 6.92 Å². The first-order chi connectivity index (χ1) is 11.7. The highest BCUT2D eigenvalue weighted by molar-refractivity contribution is 5.98. The van der Waals surface area contributed by atoms with E-state index in [2.05, 4.69) is 5.43 Å². The third kappa shape index (κ3) is 3.78. The van der Waals surface area contributed by atoms with Crippen molar-refractivity contribution in [2.24, 2.45) is 5.41 Å². The standard InChI is InChI=1S/C19H28N2O3/c1-6-12(11-15(22)24-7-2)13-9-8-10-14-16(13)18(23)21-20-17(14)19(3,4)5/h8-10,12,17,20H,6-7,11H2,1-5H3,(H,21,23)/t12-,17?/m1/s1/i/hD. The lowest BCUT2D eigenvalue weighted by Gasteiger charge is -2.37. The van der Waals surface area contributed by atoms with Crippen LogP contribution in [-0.2, 0) is 9.53 Å². The van der Waals surface area contributed by atoms with Gasteiger partial charge in [0.15, 0.2) is 0 Å². The summed E-state index contributed by atoms with van der Waals surface area (Å²) >= 11 is 0. The molecule has 2 atom stereocenters. The number of carbonyl (C=O) groups is 2. The Balaban J connectivity index is 2.50.